The largest absolute Gasteiger partial charge is 0.399 e. The number of nitrogens with one attached hydrogen (secondary N) is 1. The van der Waals surface area contributed by atoms with E-state index in [2.05, 4.69) is 12.2 Å². The van der Waals surface area contributed by atoms with E-state index >= 15 is 0 Å². The molecule has 0 radical (unpaired) electrons. The van der Waals surface area contributed by atoms with Gasteiger partial charge in [0.25, 0.3) is 0 Å². The van der Waals surface area contributed by atoms with Crippen LogP contribution in [-0.2, 0) is 9.53 Å². The van der Waals surface area contributed by atoms with E-state index in [0.717, 1.165) is 12.8 Å². The fraction of sp³-hybridized carbons (Fsp3) is 0.533. The molecule has 0 aliphatic carbocycles. The molecule has 21 heavy (non-hydrogen) atoms. The molecular weight excluding hydrogens is 311 g/mol. The normalized spacial score (nSPS) is 10.6. The second kappa shape index (κ2) is 9.87. The molecule has 0 bridgehead atoms. The van der Waals surface area contributed by atoms with Crippen LogP contribution in [0.2, 0.25) is 10.0 Å². The van der Waals surface area contributed by atoms with Gasteiger partial charge >= 0.3 is 0 Å². The van der Waals surface area contributed by atoms with Crippen molar-refractivity contribution in [2.24, 2.45) is 0 Å². The Hall–Kier alpha value is -0.970. The Kier molecular flexibility index (Phi) is 8.50. The Balaban J connectivity index is 2.28. The number of hydrogen-bond donors (Lipinski definition) is 2. The molecule has 0 aliphatic rings. The molecule has 0 atom stereocenters. The van der Waals surface area contributed by atoms with Gasteiger partial charge in [-0.05, 0) is 18.6 Å². The summed E-state index contributed by atoms with van der Waals surface area (Å²) in [6, 6.07) is 3.08. The number of unbranched alkanes of at least 4 members (excludes halogenated alkanes) is 4. The van der Waals surface area contributed by atoms with Crippen molar-refractivity contribution in [1.29, 1.82) is 0 Å². The van der Waals surface area contributed by atoms with Crippen molar-refractivity contribution >= 4 is 40.5 Å². The number of ether oxygens (including phenoxy) is 1. The lowest BCUT2D eigenvalue weighted by Crippen LogP contribution is -2.19. The maximum Gasteiger partial charge on any atom is 0.250 e. The minimum atomic E-state index is -0.280. The lowest BCUT2D eigenvalue weighted by molar-refractivity contribution is -0.120. The number of nitrogen functional groups attached to an aromatic ring is 1. The average molecular weight is 333 g/mol. The highest BCUT2D eigenvalue weighted by Gasteiger charge is 2.11. The maximum absolute atomic E-state index is 11.8. The SMILES string of the molecule is CCCCCCCOCC(=O)Nc1c(Cl)cc(N)cc1Cl. The van der Waals surface area contributed by atoms with Crippen LogP contribution in [0.5, 0.6) is 0 Å². The Morgan fingerprint density at radius 2 is 1.81 bits per heavy atom. The van der Waals surface area contributed by atoms with Gasteiger partial charge < -0.3 is 15.8 Å². The topological polar surface area (TPSA) is 64.3 Å². The summed E-state index contributed by atoms with van der Waals surface area (Å²) in [5.41, 5.74) is 6.42. The van der Waals surface area contributed by atoms with Gasteiger partial charge in [-0.2, -0.15) is 0 Å². The number of carbonyl (C=O) groups excluding carboxylic acids is 1. The van der Waals surface area contributed by atoms with Crippen molar-refractivity contribution in [1.82, 2.24) is 0 Å². The van der Waals surface area contributed by atoms with Crippen LogP contribution in [0, 0.1) is 0 Å². The molecule has 0 saturated heterocycles. The number of carbonyl (C=O) groups is 1. The van der Waals surface area contributed by atoms with E-state index in [0.29, 0.717) is 28.0 Å². The van der Waals surface area contributed by atoms with Crippen molar-refractivity contribution in [3.63, 3.8) is 0 Å². The van der Waals surface area contributed by atoms with Crippen LogP contribution in [0.25, 0.3) is 0 Å². The van der Waals surface area contributed by atoms with Gasteiger partial charge in [-0.1, -0.05) is 55.8 Å². The zero-order chi connectivity index (χ0) is 15.7. The first-order valence-corrected chi connectivity index (χ1v) is 7.92. The molecule has 1 amide bonds. The third-order valence-corrected chi connectivity index (χ3v) is 3.55. The molecule has 118 valence electrons. The number of nitrogens with two attached hydrogens (primary N) is 1. The summed E-state index contributed by atoms with van der Waals surface area (Å²) in [4.78, 5) is 11.8. The molecule has 0 unspecified atom stereocenters. The zero-order valence-corrected chi connectivity index (χ0v) is 13.8. The quantitative estimate of drug-likeness (QED) is 0.516. The Morgan fingerprint density at radius 3 is 2.43 bits per heavy atom. The number of hydrogen-bond acceptors (Lipinski definition) is 3. The summed E-state index contributed by atoms with van der Waals surface area (Å²) in [6.07, 6.45) is 5.77. The predicted molar refractivity (Wildman–Crippen MR) is 89.1 cm³/mol. The Morgan fingerprint density at radius 1 is 1.19 bits per heavy atom. The zero-order valence-electron chi connectivity index (χ0n) is 12.3. The second-order valence-electron chi connectivity index (χ2n) is 4.87. The smallest absolute Gasteiger partial charge is 0.250 e. The molecule has 6 heteroatoms. The lowest BCUT2D eigenvalue weighted by atomic mass is 10.2. The van der Waals surface area contributed by atoms with Crippen molar-refractivity contribution in [2.75, 3.05) is 24.3 Å². The standard InChI is InChI=1S/C15H22Cl2N2O2/c1-2-3-4-5-6-7-21-10-14(20)19-15-12(16)8-11(18)9-13(15)17/h8-9H,2-7,10,18H2,1H3,(H,19,20). The lowest BCUT2D eigenvalue weighted by Gasteiger charge is -2.10. The van der Waals surface area contributed by atoms with Crippen LogP contribution in [0.4, 0.5) is 11.4 Å². The van der Waals surface area contributed by atoms with Gasteiger partial charge in [0.05, 0.1) is 15.7 Å². The van der Waals surface area contributed by atoms with E-state index in [1.807, 2.05) is 0 Å². The third kappa shape index (κ3) is 7.02. The van der Waals surface area contributed by atoms with Gasteiger partial charge in [0, 0.05) is 12.3 Å². The summed E-state index contributed by atoms with van der Waals surface area (Å²) in [6.45, 7) is 2.75. The van der Waals surface area contributed by atoms with Gasteiger partial charge in [0.2, 0.25) is 5.91 Å². The van der Waals surface area contributed by atoms with Crippen LogP contribution in [-0.4, -0.2) is 19.1 Å². The molecule has 0 heterocycles. The number of anilines is 2. The van der Waals surface area contributed by atoms with Crippen molar-refractivity contribution in [3.05, 3.63) is 22.2 Å². The first-order valence-electron chi connectivity index (χ1n) is 7.16. The highest BCUT2D eigenvalue weighted by molar-refractivity contribution is 6.40. The molecule has 0 aromatic heterocycles. The fourth-order valence-electron chi connectivity index (χ4n) is 1.86. The van der Waals surface area contributed by atoms with E-state index < -0.39 is 0 Å². The molecule has 0 aliphatic heterocycles. The first kappa shape index (κ1) is 18.1. The van der Waals surface area contributed by atoms with Crippen molar-refractivity contribution in [2.45, 2.75) is 39.0 Å². The molecule has 4 nitrogen and oxygen atoms in total. The van der Waals surface area contributed by atoms with E-state index in [1.54, 1.807) is 0 Å². The third-order valence-electron chi connectivity index (χ3n) is 2.95. The summed E-state index contributed by atoms with van der Waals surface area (Å²) in [5.74, 6) is -0.280. The van der Waals surface area contributed by atoms with Gasteiger partial charge in [-0.15, -0.1) is 0 Å². The summed E-state index contributed by atoms with van der Waals surface area (Å²) in [5, 5.41) is 3.26. The van der Waals surface area contributed by atoms with Crippen LogP contribution in [0.1, 0.15) is 39.0 Å². The number of rotatable bonds is 9. The summed E-state index contributed by atoms with van der Waals surface area (Å²) >= 11 is 12.0. The van der Waals surface area contributed by atoms with Crippen molar-refractivity contribution < 1.29 is 9.53 Å². The van der Waals surface area contributed by atoms with E-state index in [1.165, 1.54) is 31.4 Å². The molecular formula is C15H22Cl2N2O2. The maximum atomic E-state index is 11.8. The van der Waals surface area contributed by atoms with E-state index in [4.69, 9.17) is 33.7 Å². The summed E-state index contributed by atoms with van der Waals surface area (Å²) < 4.78 is 5.33. The highest BCUT2D eigenvalue weighted by Crippen LogP contribution is 2.32. The predicted octanol–water partition coefficient (Wildman–Crippen LogP) is 4.50. The molecule has 0 saturated carbocycles. The van der Waals surface area contributed by atoms with E-state index in [9.17, 15) is 4.79 Å². The first-order chi connectivity index (χ1) is 10.0. The Labute approximate surface area is 135 Å². The molecule has 0 spiro atoms. The molecule has 1 aromatic carbocycles. The number of halogens is 2. The van der Waals surface area contributed by atoms with Gasteiger partial charge in [-0.3, -0.25) is 4.79 Å². The van der Waals surface area contributed by atoms with Gasteiger partial charge in [-0.25, -0.2) is 0 Å². The summed E-state index contributed by atoms with van der Waals surface area (Å²) in [7, 11) is 0. The van der Waals surface area contributed by atoms with E-state index in [-0.39, 0.29) is 12.5 Å². The number of benzene rings is 1. The molecule has 3 N–H and O–H groups in total. The molecule has 1 aromatic rings. The molecule has 0 fully saturated rings. The fourth-order valence-corrected chi connectivity index (χ4v) is 2.46. The minimum Gasteiger partial charge on any atom is -0.399 e. The minimum absolute atomic E-state index is 0.00912. The number of amides is 1. The van der Waals surface area contributed by atoms with Crippen molar-refractivity contribution in [3.8, 4) is 0 Å². The molecule has 1 rings (SSSR count). The second-order valence-corrected chi connectivity index (χ2v) is 5.69. The van der Waals surface area contributed by atoms with Crippen LogP contribution in [0.15, 0.2) is 12.1 Å². The van der Waals surface area contributed by atoms with Crippen LogP contribution >= 0.6 is 23.2 Å². The highest BCUT2D eigenvalue weighted by atomic mass is 35.5. The Bertz CT molecular complexity index is 444. The van der Waals surface area contributed by atoms with Crippen LogP contribution < -0.4 is 11.1 Å². The van der Waals surface area contributed by atoms with Crippen LogP contribution in [0.3, 0.4) is 0 Å². The average Bonchev–Trinajstić information content (AvgIpc) is 2.42. The van der Waals surface area contributed by atoms with Gasteiger partial charge in [0.15, 0.2) is 0 Å². The van der Waals surface area contributed by atoms with Gasteiger partial charge in [0.1, 0.15) is 6.61 Å². The monoisotopic (exact) mass is 332 g/mol.